The number of nitrogens with zero attached hydrogens (tertiary/aromatic N) is 1. The van der Waals surface area contributed by atoms with Crippen molar-refractivity contribution in [1.82, 2.24) is 4.90 Å². The summed E-state index contributed by atoms with van der Waals surface area (Å²) in [7, 11) is 0. The van der Waals surface area contributed by atoms with Crippen LogP contribution in [-0.4, -0.2) is 22.0 Å². The molecule has 0 aromatic heterocycles. The highest BCUT2D eigenvalue weighted by Crippen LogP contribution is 2.37. The zero-order valence-corrected chi connectivity index (χ0v) is 10.6. The van der Waals surface area contributed by atoms with Crippen LogP contribution in [0.15, 0.2) is 12.2 Å². The second-order valence-corrected chi connectivity index (χ2v) is 5.59. The molecule has 1 aliphatic heterocycles. The Morgan fingerprint density at radius 2 is 1.86 bits per heavy atom. The molecule has 0 amide bonds. The summed E-state index contributed by atoms with van der Waals surface area (Å²) in [5, 5.41) is 0. The lowest BCUT2D eigenvalue weighted by Gasteiger charge is -2.47. The summed E-state index contributed by atoms with van der Waals surface area (Å²) in [6.45, 7) is 13.9. The molecule has 0 aliphatic carbocycles. The van der Waals surface area contributed by atoms with E-state index in [2.05, 4.69) is 58.6 Å². The van der Waals surface area contributed by atoms with Gasteiger partial charge in [-0.3, -0.25) is 4.90 Å². The summed E-state index contributed by atoms with van der Waals surface area (Å²) in [4.78, 5) is 2.65. The van der Waals surface area contributed by atoms with Crippen molar-refractivity contribution in [2.24, 2.45) is 0 Å². The Morgan fingerprint density at radius 1 is 1.29 bits per heavy atom. The Bertz CT molecular complexity index is 224. The minimum Gasteiger partial charge on any atom is -0.283 e. The molecular weight excluding hydrogens is 170 g/mol. The van der Waals surface area contributed by atoms with E-state index >= 15 is 0 Å². The Morgan fingerprint density at radius 3 is 2.21 bits per heavy atom. The highest BCUT2D eigenvalue weighted by molar-refractivity contribution is 5.19. The first-order valence-electron chi connectivity index (χ1n) is 5.84. The van der Waals surface area contributed by atoms with Gasteiger partial charge >= 0.3 is 0 Å². The molecule has 0 bridgehead atoms. The molecule has 82 valence electrons. The summed E-state index contributed by atoms with van der Waals surface area (Å²) in [6, 6.07) is 0.625. The van der Waals surface area contributed by atoms with Gasteiger partial charge in [0.2, 0.25) is 0 Å². The predicted octanol–water partition coefficient (Wildman–Crippen LogP) is 3.60. The van der Waals surface area contributed by atoms with Crippen molar-refractivity contribution >= 4 is 0 Å². The summed E-state index contributed by atoms with van der Waals surface area (Å²) >= 11 is 0. The minimum absolute atomic E-state index is 0.259. The molecule has 0 fully saturated rings. The molecule has 1 heteroatoms. The maximum Gasteiger partial charge on any atom is 0.0372 e. The summed E-state index contributed by atoms with van der Waals surface area (Å²) in [5.74, 6) is 0. The van der Waals surface area contributed by atoms with Gasteiger partial charge in [-0.2, -0.15) is 0 Å². The first-order chi connectivity index (χ1) is 6.35. The topological polar surface area (TPSA) is 3.24 Å². The third kappa shape index (κ3) is 1.88. The van der Waals surface area contributed by atoms with E-state index < -0.39 is 0 Å². The van der Waals surface area contributed by atoms with Crippen LogP contribution in [0.5, 0.6) is 0 Å². The van der Waals surface area contributed by atoms with Gasteiger partial charge in [-0.05, 0) is 40.5 Å². The maximum atomic E-state index is 2.65. The van der Waals surface area contributed by atoms with Gasteiger partial charge in [-0.1, -0.05) is 26.0 Å². The van der Waals surface area contributed by atoms with Gasteiger partial charge in [0.25, 0.3) is 0 Å². The quantitative estimate of drug-likeness (QED) is 0.608. The van der Waals surface area contributed by atoms with E-state index in [4.69, 9.17) is 0 Å². The maximum absolute atomic E-state index is 2.65. The average Bonchev–Trinajstić information content (AvgIpc) is 2.43. The molecule has 1 nitrogen and oxygen atoms in total. The minimum atomic E-state index is 0.259. The molecule has 0 aromatic carbocycles. The monoisotopic (exact) mass is 195 g/mol. The zero-order valence-electron chi connectivity index (χ0n) is 10.6. The van der Waals surface area contributed by atoms with E-state index in [1.165, 1.54) is 12.8 Å². The van der Waals surface area contributed by atoms with Gasteiger partial charge in [0.05, 0.1) is 0 Å². The van der Waals surface area contributed by atoms with E-state index in [1.807, 2.05) is 0 Å². The summed E-state index contributed by atoms with van der Waals surface area (Å²) < 4.78 is 0. The smallest absolute Gasteiger partial charge is 0.0372 e. The van der Waals surface area contributed by atoms with Crippen LogP contribution in [0.2, 0.25) is 0 Å². The standard InChI is InChI=1S/C13H25N/c1-7-11-9-10-13(6,8-2)14(11)12(3,4)5/h9-11H,7-8H2,1-6H3/t11-,13+/m1/s1. The van der Waals surface area contributed by atoms with Crippen molar-refractivity contribution in [3.63, 3.8) is 0 Å². The first kappa shape index (κ1) is 11.8. The fourth-order valence-corrected chi connectivity index (χ4v) is 2.73. The van der Waals surface area contributed by atoms with Crippen molar-refractivity contribution in [1.29, 1.82) is 0 Å². The Kier molecular flexibility index (Phi) is 3.10. The Balaban J connectivity index is 2.97. The van der Waals surface area contributed by atoms with Crippen LogP contribution in [0.4, 0.5) is 0 Å². The van der Waals surface area contributed by atoms with E-state index in [0.29, 0.717) is 6.04 Å². The van der Waals surface area contributed by atoms with E-state index in [9.17, 15) is 0 Å². The van der Waals surface area contributed by atoms with Gasteiger partial charge < -0.3 is 0 Å². The number of rotatable bonds is 2. The SMILES string of the molecule is CC[C@@H]1C=C[C@](C)(CC)N1C(C)(C)C. The molecule has 2 atom stereocenters. The molecule has 0 saturated carbocycles. The number of hydrogen-bond donors (Lipinski definition) is 0. The van der Waals surface area contributed by atoms with Gasteiger partial charge in [0.15, 0.2) is 0 Å². The summed E-state index contributed by atoms with van der Waals surface area (Å²) in [6.07, 6.45) is 7.18. The third-order valence-electron chi connectivity index (χ3n) is 3.42. The Labute approximate surface area is 89.2 Å². The highest BCUT2D eigenvalue weighted by Gasteiger charge is 2.42. The Hall–Kier alpha value is -0.300. The largest absolute Gasteiger partial charge is 0.283 e. The van der Waals surface area contributed by atoms with Crippen LogP contribution in [0.1, 0.15) is 54.4 Å². The van der Waals surface area contributed by atoms with Crippen LogP contribution >= 0.6 is 0 Å². The molecule has 1 aliphatic rings. The zero-order chi connectivity index (χ0) is 11.0. The fourth-order valence-electron chi connectivity index (χ4n) is 2.73. The van der Waals surface area contributed by atoms with Crippen LogP contribution in [0.3, 0.4) is 0 Å². The van der Waals surface area contributed by atoms with Crippen LogP contribution in [-0.2, 0) is 0 Å². The van der Waals surface area contributed by atoms with Gasteiger partial charge in [0, 0.05) is 17.1 Å². The number of hydrogen-bond acceptors (Lipinski definition) is 1. The molecule has 0 spiro atoms. The van der Waals surface area contributed by atoms with Crippen LogP contribution in [0.25, 0.3) is 0 Å². The fraction of sp³-hybridized carbons (Fsp3) is 0.846. The molecule has 0 N–H and O–H groups in total. The van der Waals surface area contributed by atoms with Crippen LogP contribution < -0.4 is 0 Å². The molecule has 14 heavy (non-hydrogen) atoms. The normalized spacial score (nSPS) is 34.0. The molecule has 1 heterocycles. The van der Waals surface area contributed by atoms with Crippen molar-refractivity contribution in [3.8, 4) is 0 Å². The van der Waals surface area contributed by atoms with Crippen molar-refractivity contribution in [2.45, 2.75) is 71.5 Å². The average molecular weight is 195 g/mol. The van der Waals surface area contributed by atoms with Crippen LogP contribution in [0, 0.1) is 0 Å². The van der Waals surface area contributed by atoms with Gasteiger partial charge in [-0.15, -0.1) is 0 Å². The third-order valence-corrected chi connectivity index (χ3v) is 3.42. The summed E-state index contributed by atoms with van der Waals surface area (Å²) in [5.41, 5.74) is 0.522. The molecule has 0 saturated heterocycles. The molecule has 1 rings (SSSR count). The highest BCUT2D eigenvalue weighted by atomic mass is 15.3. The lowest BCUT2D eigenvalue weighted by molar-refractivity contribution is 0.0298. The molecule has 0 unspecified atom stereocenters. The van der Waals surface area contributed by atoms with Crippen molar-refractivity contribution in [3.05, 3.63) is 12.2 Å². The van der Waals surface area contributed by atoms with Crippen molar-refractivity contribution in [2.75, 3.05) is 0 Å². The van der Waals surface area contributed by atoms with E-state index in [0.717, 1.165) is 0 Å². The van der Waals surface area contributed by atoms with E-state index in [-0.39, 0.29) is 11.1 Å². The predicted molar refractivity (Wildman–Crippen MR) is 63.5 cm³/mol. The molecule has 0 radical (unpaired) electrons. The lowest BCUT2D eigenvalue weighted by Crippen LogP contribution is -2.55. The lowest BCUT2D eigenvalue weighted by atomic mass is 9.92. The first-order valence-corrected chi connectivity index (χ1v) is 5.84. The second kappa shape index (κ2) is 3.69. The van der Waals surface area contributed by atoms with E-state index in [1.54, 1.807) is 0 Å². The van der Waals surface area contributed by atoms with Gasteiger partial charge in [0.1, 0.15) is 0 Å². The van der Waals surface area contributed by atoms with Gasteiger partial charge in [-0.25, -0.2) is 0 Å². The second-order valence-electron chi connectivity index (χ2n) is 5.59. The van der Waals surface area contributed by atoms with Crippen molar-refractivity contribution < 1.29 is 0 Å². The molecule has 0 aromatic rings. The molecular formula is C13H25N.